The Kier molecular flexibility index (Phi) is 7.76. The first-order valence-electron chi connectivity index (χ1n) is 14.1. The SMILES string of the molecule is C=C(C)c1ccc(-c2cncc3[nH]c(-c4n[nH]/c(=C/C=C(\C)c5cncc(CCCN6CCCC6)c5)c4=C)nc23)s1. The number of thiophene rings is 1. The van der Waals surface area contributed by atoms with Gasteiger partial charge in [0.05, 0.1) is 17.1 Å². The van der Waals surface area contributed by atoms with Crippen LogP contribution in [0, 0.1) is 0 Å². The summed E-state index contributed by atoms with van der Waals surface area (Å²) in [5.41, 5.74) is 8.01. The molecule has 1 aliphatic rings. The molecule has 6 heterocycles. The summed E-state index contributed by atoms with van der Waals surface area (Å²) in [5.74, 6) is 0.665. The average molecular weight is 562 g/mol. The van der Waals surface area contributed by atoms with Crippen LogP contribution in [0.15, 0.2) is 55.6 Å². The topological polar surface area (TPSA) is 86.4 Å². The van der Waals surface area contributed by atoms with Gasteiger partial charge in [0.25, 0.3) is 0 Å². The maximum Gasteiger partial charge on any atom is 0.159 e. The summed E-state index contributed by atoms with van der Waals surface area (Å²) in [5, 5.41) is 9.32. The molecule has 1 saturated heterocycles. The highest BCUT2D eigenvalue weighted by molar-refractivity contribution is 7.16. The second kappa shape index (κ2) is 11.8. The lowest BCUT2D eigenvalue weighted by molar-refractivity contribution is 0.334. The highest BCUT2D eigenvalue weighted by atomic mass is 32.1. The fraction of sp³-hybridized carbons (Fsp3) is 0.273. The molecule has 208 valence electrons. The van der Waals surface area contributed by atoms with E-state index < -0.39 is 0 Å². The van der Waals surface area contributed by atoms with Crippen LogP contribution >= 0.6 is 11.3 Å². The molecule has 0 radical (unpaired) electrons. The van der Waals surface area contributed by atoms with Gasteiger partial charge in [-0.2, -0.15) is 5.10 Å². The molecule has 0 saturated carbocycles. The molecular formula is C33H35N7S. The number of allylic oxidation sites excluding steroid dienone is 3. The molecule has 0 aliphatic carbocycles. The van der Waals surface area contributed by atoms with Crippen LogP contribution in [0.5, 0.6) is 0 Å². The number of hydrogen-bond acceptors (Lipinski definition) is 6. The van der Waals surface area contributed by atoms with Gasteiger partial charge >= 0.3 is 0 Å². The molecule has 0 amide bonds. The summed E-state index contributed by atoms with van der Waals surface area (Å²) in [4.78, 5) is 22.1. The van der Waals surface area contributed by atoms with Crippen molar-refractivity contribution in [2.24, 2.45) is 0 Å². The van der Waals surface area contributed by atoms with Gasteiger partial charge < -0.3 is 9.88 Å². The first kappa shape index (κ1) is 27.1. The zero-order valence-electron chi connectivity index (χ0n) is 23.7. The number of imidazole rings is 1. The zero-order chi connectivity index (χ0) is 28.3. The summed E-state index contributed by atoms with van der Waals surface area (Å²) >= 11 is 1.69. The molecule has 2 N–H and O–H groups in total. The molecule has 5 aromatic heterocycles. The summed E-state index contributed by atoms with van der Waals surface area (Å²) in [6.45, 7) is 16.2. The third kappa shape index (κ3) is 5.85. The lowest BCUT2D eigenvalue weighted by atomic mass is 10.0. The number of H-pyrrole nitrogens is 2. The minimum Gasteiger partial charge on any atom is -0.335 e. The van der Waals surface area contributed by atoms with E-state index in [4.69, 9.17) is 4.98 Å². The number of hydrogen-bond donors (Lipinski definition) is 2. The van der Waals surface area contributed by atoms with Gasteiger partial charge in [-0.1, -0.05) is 19.2 Å². The summed E-state index contributed by atoms with van der Waals surface area (Å²) in [7, 11) is 0. The first-order valence-corrected chi connectivity index (χ1v) is 15.0. The molecule has 6 rings (SSSR count). The van der Waals surface area contributed by atoms with E-state index in [0.29, 0.717) is 11.5 Å². The van der Waals surface area contributed by atoms with Crippen molar-refractivity contribution in [3.63, 3.8) is 0 Å². The van der Waals surface area contributed by atoms with Crippen molar-refractivity contribution in [3.8, 4) is 22.0 Å². The Morgan fingerprint density at radius 1 is 1.10 bits per heavy atom. The normalized spacial score (nSPS) is 14.9. The Labute approximate surface area is 244 Å². The van der Waals surface area contributed by atoms with Gasteiger partial charge in [-0.25, -0.2) is 4.98 Å². The number of nitrogens with zero attached hydrogens (tertiary/aromatic N) is 5. The van der Waals surface area contributed by atoms with Crippen LogP contribution in [0.4, 0.5) is 0 Å². The largest absolute Gasteiger partial charge is 0.335 e. The van der Waals surface area contributed by atoms with E-state index in [1.54, 1.807) is 17.5 Å². The van der Waals surface area contributed by atoms with E-state index in [1.165, 1.54) is 44.5 Å². The van der Waals surface area contributed by atoms with E-state index in [2.05, 4.69) is 74.4 Å². The highest BCUT2D eigenvalue weighted by Gasteiger charge is 2.15. The predicted octanol–water partition coefficient (Wildman–Crippen LogP) is 5.83. The number of aromatic nitrogens is 6. The lowest BCUT2D eigenvalue weighted by Gasteiger charge is -2.14. The third-order valence-corrected chi connectivity index (χ3v) is 8.98. The van der Waals surface area contributed by atoms with Crippen LogP contribution < -0.4 is 10.6 Å². The van der Waals surface area contributed by atoms with Crippen molar-refractivity contribution in [1.82, 2.24) is 35.0 Å². The number of fused-ring (bicyclic) bond motifs is 1. The van der Waals surface area contributed by atoms with Crippen molar-refractivity contribution in [3.05, 3.63) is 82.2 Å². The summed E-state index contributed by atoms with van der Waals surface area (Å²) in [6, 6.07) is 6.45. The summed E-state index contributed by atoms with van der Waals surface area (Å²) < 4.78 is 0. The van der Waals surface area contributed by atoms with Gasteiger partial charge in [0, 0.05) is 39.1 Å². The molecule has 1 aliphatic heterocycles. The fourth-order valence-corrected chi connectivity index (χ4v) is 6.25. The van der Waals surface area contributed by atoms with Crippen molar-refractivity contribution < 1.29 is 0 Å². The Bertz CT molecular complexity index is 1850. The average Bonchev–Trinajstić information content (AvgIpc) is 3.79. The molecule has 0 spiro atoms. The molecule has 1 fully saturated rings. The van der Waals surface area contributed by atoms with Crippen LogP contribution in [0.3, 0.4) is 0 Å². The van der Waals surface area contributed by atoms with E-state index in [1.807, 2.05) is 31.6 Å². The maximum absolute atomic E-state index is 4.92. The number of pyridine rings is 2. The Balaban J connectivity index is 1.22. The smallest absolute Gasteiger partial charge is 0.159 e. The summed E-state index contributed by atoms with van der Waals surface area (Å²) in [6.07, 6.45) is 16.6. The minimum absolute atomic E-state index is 0.665. The first-order chi connectivity index (χ1) is 20.0. The molecule has 0 bridgehead atoms. The molecule has 8 heteroatoms. The molecule has 0 aromatic carbocycles. The van der Waals surface area contributed by atoms with Crippen LogP contribution in [0.25, 0.3) is 56.8 Å². The van der Waals surface area contributed by atoms with Gasteiger partial charge in [-0.15, -0.1) is 11.3 Å². The van der Waals surface area contributed by atoms with Crippen molar-refractivity contribution in [2.75, 3.05) is 19.6 Å². The second-order valence-electron chi connectivity index (χ2n) is 10.8. The second-order valence-corrected chi connectivity index (χ2v) is 11.9. The van der Waals surface area contributed by atoms with Crippen molar-refractivity contribution in [2.45, 2.75) is 39.5 Å². The van der Waals surface area contributed by atoms with Crippen molar-refractivity contribution in [1.29, 1.82) is 0 Å². The monoisotopic (exact) mass is 561 g/mol. The number of rotatable bonds is 9. The zero-order valence-corrected chi connectivity index (χ0v) is 24.5. The highest BCUT2D eigenvalue weighted by Crippen LogP contribution is 2.34. The molecule has 41 heavy (non-hydrogen) atoms. The van der Waals surface area contributed by atoms with Gasteiger partial charge in [0.1, 0.15) is 11.2 Å². The van der Waals surface area contributed by atoms with Crippen LogP contribution in [-0.4, -0.2) is 54.7 Å². The van der Waals surface area contributed by atoms with E-state index >= 15 is 0 Å². The van der Waals surface area contributed by atoms with E-state index in [0.717, 1.165) is 60.0 Å². The Morgan fingerprint density at radius 2 is 1.93 bits per heavy atom. The minimum atomic E-state index is 0.665. The number of aryl methyl sites for hydroxylation is 1. The number of aromatic amines is 2. The molecule has 7 nitrogen and oxygen atoms in total. The van der Waals surface area contributed by atoms with Gasteiger partial charge in [0.15, 0.2) is 5.82 Å². The molecular weight excluding hydrogens is 526 g/mol. The molecule has 0 atom stereocenters. The quantitative estimate of drug-likeness (QED) is 0.237. The number of likely N-dealkylation sites (tertiary alicyclic amines) is 1. The van der Waals surface area contributed by atoms with Crippen LogP contribution in [0.2, 0.25) is 0 Å². The van der Waals surface area contributed by atoms with Crippen molar-refractivity contribution >= 4 is 46.2 Å². The Morgan fingerprint density at radius 3 is 2.73 bits per heavy atom. The molecule has 0 unspecified atom stereocenters. The third-order valence-electron chi connectivity index (χ3n) is 7.70. The van der Waals surface area contributed by atoms with Crippen LogP contribution in [-0.2, 0) is 6.42 Å². The van der Waals surface area contributed by atoms with E-state index in [-0.39, 0.29) is 0 Å². The van der Waals surface area contributed by atoms with Gasteiger partial charge in [0.2, 0.25) is 0 Å². The Hall–Kier alpha value is -4.14. The number of nitrogens with one attached hydrogen (secondary N) is 2. The van der Waals surface area contributed by atoms with Crippen LogP contribution in [0.1, 0.15) is 49.1 Å². The maximum atomic E-state index is 4.92. The molecule has 5 aromatic rings. The lowest BCUT2D eigenvalue weighted by Crippen LogP contribution is -2.21. The van der Waals surface area contributed by atoms with E-state index in [9.17, 15) is 0 Å². The fourth-order valence-electron chi connectivity index (χ4n) is 5.31. The van der Waals surface area contributed by atoms with Gasteiger partial charge in [-0.05, 0) is 106 Å². The van der Waals surface area contributed by atoms with Gasteiger partial charge in [-0.3, -0.25) is 15.1 Å². The predicted molar refractivity (Wildman–Crippen MR) is 171 cm³/mol. The standard InChI is InChI=1S/C33H35N7S/c1-21(2)29-11-12-30(41-29)26-19-35-20-28-32(26)37-33(36-28)31-23(4)27(38-39-31)10-9-22(3)25-16-24(17-34-18-25)8-7-15-40-13-5-6-14-40/h9-12,16-20,38H,1,4-8,13-15H2,2-3H3,(H,36,37)/b22-9+,27-10+.